The van der Waals surface area contributed by atoms with Gasteiger partial charge in [-0.2, -0.15) is 0 Å². The van der Waals surface area contributed by atoms with E-state index >= 15 is 0 Å². The molecule has 9 nitrogen and oxygen atoms in total. The van der Waals surface area contributed by atoms with Gasteiger partial charge in [0.1, 0.15) is 11.3 Å². The van der Waals surface area contributed by atoms with Crippen molar-refractivity contribution in [2.75, 3.05) is 18.2 Å². The predicted octanol–water partition coefficient (Wildman–Crippen LogP) is 2.80. The molecular formula is C20H24ClN3O6S. The van der Waals surface area contributed by atoms with Gasteiger partial charge in [-0.1, -0.05) is 11.6 Å². The van der Waals surface area contributed by atoms with Crippen molar-refractivity contribution in [3.63, 3.8) is 0 Å². The molecule has 168 valence electrons. The van der Waals surface area contributed by atoms with E-state index in [-0.39, 0.29) is 33.0 Å². The number of sulfonamides is 1. The van der Waals surface area contributed by atoms with Gasteiger partial charge in [0, 0.05) is 17.8 Å². The molecule has 31 heavy (non-hydrogen) atoms. The Morgan fingerprint density at radius 1 is 1.10 bits per heavy atom. The molecule has 0 fully saturated rings. The maximum Gasteiger partial charge on any atom is 0.342 e. The molecule has 0 aliphatic carbocycles. The van der Waals surface area contributed by atoms with Crippen LogP contribution in [-0.2, 0) is 19.6 Å². The molecule has 2 aromatic carbocycles. The van der Waals surface area contributed by atoms with Crippen molar-refractivity contribution in [1.82, 2.24) is 4.72 Å². The zero-order valence-corrected chi connectivity index (χ0v) is 19.0. The Bertz CT molecular complexity index is 1070. The highest BCUT2D eigenvalue weighted by Gasteiger charge is 2.23. The first-order chi connectivity index (χ1) is 14.4. The maximum atomic E-state index is 12.4. The summed E-state index contributed by atoms with van der Waals surface area (Å²) in [5.41, 5.74) is 6.28. The van der Waals surface area contributed by atoms with Crippen LogP contribution in [0.2, 0.25) is 5.02 Å². The summed E-state index contributed by atoms with van der Waals surface area (Å²) in [6, 6.07) is 8.01. The zero-order valence-electron chi connectivity index (χ0n) is 17.4. The van der Waals surface area contributed by atoms with E-state index in [0.29, 0.717) is 5.69 Å². The monoisotopic (exact) mass is 469 g/mol. The minimum atomic E-state index is -3.64. The van der Waals surface area contributed by atoms with Crippen molar-refractivity contribution in [3.8, 4) is 5.75 Å². The average Bonchev–Trinajstić information content (AvgIpc) is 2.68. The van der Waals surface area contributed by atoms with Crippen LogP contribution in [0.5, 0.6) is 5.75 Å². The van der Waals surface area contributed by atoms with E-state index in [1.165, 1.54) is 50.4 Å². The molecule has 0 aliphatic rings. The topological polar surface area (TPSA) is 137 Å². The molecule has 0 saturated carbocycles. The van der Waals surface area contributed by atoms with Gasteiger partial charge in [-0.25, -0.2) is 17.9 Å². The van der Waals surface area contributed by atoms with Crippen molar-refractivity contribution in [3.05, 3.63) is 47.0 Å². The van der Waals surface area contributed by atoms with Crippen LogP contribution in [-0.4, -0.2) is 39.5 Å². The number of nitrogens with one attached hydrogen (secondary N) is 2. The summed E-state index contributed by atoms with van der Waals surface area (Å²) in [6.45, 7) is 4.81. The second-order valence-electron chi connectivity index (χ2n) is 6.91. The van der Waals surface area contributed by atoms with Gasteiger partial charge in [0.25, 0.3) is 5.91 Å². The molecule has 0 radical (unpaired) electrons. The molecule has 1 atom stereocenters. The fourth-order valence-electron chi connectivity index (χ4n) is 2.51. The highest BCUT2D eigenvalue weighted by molar-refractivity contribution is 7.89. The van der Waals surface area contributed by atoms with Crippen LogP contribution < -0.4 is 20.5 Å². The Morgan fingerprint density at radius 2 is 1.71 bits per heavy atom. The summed E-state index contributed by atoms with van der Waals surface area (Å²) in [4.78, 5) is 24.9. The molecule has 2 rings (SSSR count). The fraction of sp³-hybridized carbons (Fsp3) is 0.300. The van der Waals surface area contributed by atoms with Crippen molar-refractivity contribution in [2.24, 2.45) is 0 Å². The van der Waals surface area contributed by atoms with Crippen LogP contribution >= 0.6 is 11.6 Å². The minimum Gasteiger partial charge on any atom is -0.496 e. The number of carbonyl (C=O) groups excluding carboxylic acids is 2. The number of nitrogens with two attached hydrogens (primary N) is 1. The van der Waals surface area contributed by atoms with E-state index in [0.717, 1.165) is 0 Å². The molecule has 0 aromatic heterocycles. The molecule has 0 unspecified atom stereocenters. The van der Waals surface area contributed by atoms with Crippen LogP contribution in [0.25, 0.3) is 0 Å². The molecule has 4 N–H and O–H groups in total. The fourth-order valence-corrected chi connectivity index (χ4v) is 3.93. The number of ether oxygens (including phenoxy) is 2. The molecule has 0 aliphatic heterocycles. The van der Waals surface area contributed by atoms with Crippen molar-refractivity contribution in [2.45, 2.75) is 37.8 Å². The highest BCUT2D eigenvalue weighted by Crippen LogP contribution is 2.29. The molecule has 0 spiro atoms. The molecule has 0 bridgehead atoms. The normalized spacial score (nSPS) is 12.3. The Labute approximate surface area is 185 Å². The van der Waals surface area contributed by atoms with Gasteiger partial charge in [-0.3, -0.25) is 4.79 Å². The number of esters is 1. The average molecular weight is 470 g/mol. The minimum absolute atomic E-state index is 0.0218. The van der Waals surface area contributed by atoms with Gasteiger partial charge in [0.05, 0.1) is 22.7 Å². The number of rotatable bonds is 8. The Kier molecular flexibility index (Phi) is 7.88. The van der Waals surface area contributed by atoms with Crippen LogP contribution in [0, 0.1) is 0 Å². The van der Waals surface area contributed by atoms with E-state index in [2.05, 4.69) is 10.0 Å². The lowest BCUT2D eigenvalue weighted by Crippen LogP contribution is -2.31. The van der Waals surface area contributed by atoms with E-state index in [1.54, 1.807) is 13.8 Å². The summed E-state index contributed by atoms with van der Waals surface area (Å²) in [6.07, 6.45) is -1.15. The predicted molar refractivity (Wildman–Crippen MR) is 118 cm³/mol. The first-order valence-electron chi connectivity index (χ1n) is 9.22. The van der Waals surface area contributed by atoms with Gasteiger partial charge in [0.15, 0.2) is 6.10 Å². The van der Waals surface area contributed by atoms with E-state index in [1.807, 2.05) is 0 Å². The number of hydrogen-bond donors (Lipinski definition) is 3. The summed E-state index contributed by atoms with van der Waals surface area (Å²) in [7, 11) is -2.29. The Morgan fingerprint density at radius 3 is 2.26 bits per heavy atom. The van der Waals surface area contributed by atoms with E-state index in [4.69, 9.17) is 26.8 Å². The standard InChI is InChI=1S/C20H24ClN3O6S/c1-11(2)24-31(27,28)14-7-5-13(6-8-14)23-19(25)12(3)30-20(26)15-9-16(21)17(22)10-18(15)29-4/h5-12,24H,22H2,1-4H3,(H,23,25)/t12-/m0/s1. The van der Waals surface area contributed by atoms with Crippen molar-refractivity contribution in [1.29, 1.82) is 0 Å². The van der Waals surface area contributed by atoms with Crippen LogP contribution in [0.1, 0.15) is 31.1 Å². The van der Waals surface area contributed by atoms with Gasteiger partial charge in [0.2, 0.25) is 10.0 Å². The molecule has 0 saturated heterocycles. The van der Waals surface area contributed by atoms with Crippen LogP contribution in [0.3, 0.4) is 0 Å². The van der Waals surface area contributed by atoms with Crippen LogP contribution in [0.15, 0.2) is 41.3 Å². The Hall–Kier alpha value is -2.82. The van der Waals surface area contributed by atoms with Crippen LogP contribution in [0.4, 0.5) is 11.4 Å². The molecule has 1 amide bonds. The van der Waals surface area contributed by atoms with Crippen molar-refractivity contribution < 1.29 is 27.5 Å². The van der Waals surface area contributed by atoms with Gasteiger partial charge >= 0.3 is 5.97 Å². The smallest absolute Gasteiger partial charge is 0.342 e. The number of anilines is 2. The largest absolute Gasteiger partial charge is 0.496 e. The second kappa shape index (κ2) is 9.99. The highest BCUT2D eigenvalue weighted by atomic mass is 35.5. The lowest BCUT2D eigenvalue weighted by Gasteiger charge is -2.16. The number of benzene rings is 2. The third kappa shape index (κ3) is 6.33. The van der Waals surface area contributed by atoms with Gasteiger partial charge in [-0.05, 0) is 51.1 Å². The summed E-state index contributed by atoms with van der Waals surface area (Å²) < 4.78 is 37.1. The number of hydrogen-bond acceptors (Lipinski definition) is 7. The first-order valence-corrected chi connectivity index (χ1v) is 11.1. The summed E-state index contributed by atoms with van der Waals surface area (Å²) >= 11 is 5.95. The lowest BCUT2D eigenvalue weighted by atomic mass is 10.2. The van der Waals surface area contributed by atoms with Crippen molar-refractivity contribution >= 4 is 44.9 Å². The van der Waals surface area contributed by atoms with Gasteiger partial charge < -0.3 is 20.5 Å². The Balaban J connectivity index is 2.06. The van der Waals surface area contributed by atoms with E-state index < -0.39 is 28.0 Å². The maximum absolute atomic E-state index is 12.4. The molecule has 0 heterocycles. The first kappa shape index (κ1) is 24.4. The number of halogens is 1. The SMILES string of the molecule is COc1cc(N)c(Cl)cc1C(=O)O[C@@H](C)C(=O)Nc1ccc(S(=O)(=O)NC(C)C)cc1. The number of carbonyl (C=O) groups is 2. The summed E-state index contributed by atoms with van der Waals surface area (Å²) in [5.74, 6) is -1.27. The third-order valence-electron chi connectivity index (χ3n) is 4.01. The molecule has 11 heteroatoms. The second-order valence-corrected chi connectivity index (χ2v) is 9.03. The third-order valence-corrected chi connectivity index (χ3v) is 6.02. The number of nitrogen functional groups attached to an aromatic ring is 1. The molecule has 2 aromatic rings. The molecular weight excluding hydrogens is 446 g/mol. The zero-order chi connectivity index (χ0) is 23.3. The lowest BCUT2D eigenvalue weighted by molar-refractivity contribution is -0.123. The number of methoxy groups -OCH3 is 1. The van der Waals surface area contributed by atoms with E-state index in [9.17, 15) is 18.0 Å². The summed E-state index contributed by atoms with van der Waals surface area (Å²) in [5, 5.41) is 2.70. The van der Waals surface area contributed by atoms with Gasteiger partial charge in [-0.15, -0.1) is 0 Å². The quantitative estimate of drug-likeness (QED) is 0.399. The number of amides is 1.